The van der Waals surface area contributed by atoms with Crippen molar-refractivity contribution in [3.8, 4) is 11.4 Å². The van der Waals surface area contributed by atoms with Gasteiger partial charge in [0, 0.05) is 11.8 Å². The van der Waals surface area contributed by atoms with Crippen LogP contribution in [0.3, 0.4) is 0 Å². The van der Waals surface area contributed by atoms with Gasteiger partial charge in [0.1, 0.15) is 5.82 Å². The van der Waals surface area contributed by atoms with Gasteiger partial charge in [-0.05, 0) is 53.5 Å². The third-order valence-corrected chi connectivity index (χ3v) is 3.76. The van der Waals surface area contributed by atoms with Crippen molar-refractivity contribution in [2.24, 2.45) is 0 Å². The molecule has 22 heavy (non-hydrogen) atoms. The van der Waals surface area contributed by atoms with Crippen molar-refractivity contribution in [2.75, 3.05) is 0 Å². The highest BCUT2D eigenvalue weighted by atomic mass is 19.1. The largest absolute Gasteiger partial charge is 0.257 e. The zero-order valence-electron chi connectivity index (χ0n) is 11.6. The molecule has 0 saturated heterocycles. The standard InChI is InChI=1S/C16H12FN5/c17-12-3-1-10(2-4-12)7-11-8-14-13(16-19-21-22-20-16)5-6-18-15(14)9-11/h1-6,9H,7-8H2,(H,19,20,21,22). The summed E-state index contributed by atoms with van der Waals surface area (Å²) in [6, 6.07) is 8.50. The number of hydrogen-bond acceptors (Lipinski definition) is 4. The first-order valence-electron chi connectivity index (χ1n) is 6.95. The second kappa shape index (κ2) is 5.14. The molecule has 0 fully saturated rings. The van der Waals surface area contributed by atoms with E-state index in [0.717, 1.165) is 35.2 Å². The Hall–Kier alpha value is -2.89. The van der Waals surface area contributed by atoms with Gasteiger partial charge < -0.3 is 0 Å². The molecule has 0 radical (unpaired) electrons. The monoisotopic (exact) mass is 293 g/mol. The molecule has 1 aromatic carbocycles. The number of aromatic nitrogens is 5. The van der Waals surface area contributed by atoms with E-state index >= 15 is 0 Å². The summed E-state index contributed by atoms with van der Waals surface area (Å²) in [6.45, 7) is 0. The zero-order chi connectivity index (χ0) is 14.9. The highest BCUT2D eigenvalue weighted by molar-refractivity contribution is 5.71. The summed E-state index contributed by atoms with van der Waals surface area (Å²) in [4.78, 5) is 4.41. The number of hydrogen-bond donors (Lipinski definition) is 1. The van der Waals surface area contributed by atoms with Gasteiger partial charge in [-0.25, -0.2) is 4.39 Å². The van der Waals surface area contributed by atoms with E-state index in [9.17, 15) is 4.39 Å². The van der Waals surface area contributed by atoms with Gasteiger partial charge in [-0.3, -0.25) is 4.98 Å². The van der Waals surface area contributed by atoms with Crippen molar-refractivity contribution >= 4 is 6.08 Å². The van der Waals surface area contributed by atoms with Crippen LogP contribution >= 0.6 is 0 Å². The molecule has 5 nitrogen and oxygen atoms in total. The molecule has 2 heterocycles. The van der Waals surface area contributed by atoms with Crippen LogP contribution in [0.5, 0.6) is 0 Å². The van der Waals surface area contributed by atoms with Crippen molar-refractivity contribution in [1.29, 1.82) is 0 Å². The summed E-state index contributed by atoms with van der Waals surface area (Å²) in [5.41, 5.74) is 5.33. The van der Waals surface area contributed by atoms with Crippen molar-refractivity contribution in [2.45, 2.75) is 12.8 Å². The molecule has 0 bridgehead atoms. The minimum Gasteiger partial charge on any atom is -0.257 e. The van der Waals surface area contributed by atoms with Gasteiger partial charge in [0.25, 0.3) is 0 Å². The first-order valence-corrected chi connectivity index (χ1v) is 6.95. The van der Waals surface area contributed by atoms with Gasteiger partial charge in [-0.15, -0.1) is 10.2 Å². The molecule has 0 saturated carbocycles. The fourth-order valence-electron chi connectivity index (χ4n) is 2.75. The molecule has 2 aromatic heterocycles. The van der Waals surface area contributed by atoms with Crippen LogP contribution in [-0.2, 0) is 12.8 Å². The average Bonchev–Trinajstić information content (AvgIpc) is 3.18. The summed E-state index contributed by atoms with van der Waals surface area (Å²) in [5.74, 6) is 0.364. The zero-order valence-corrected chi connectivity index (χ0v) is 11.6. The summed E-state index contributed by atoms with van der Waals surface area (Å²) in [5, 5.41) is 14.2. The third-order valence-electron chi connectivity index (χ3n) is 3.76. The van der Waals surface area contributed by atoms with Crippen LogP contribution < -0.4 is 0 Å². The van der Waals surface area contributed by atoms with Gasteiger partial charge in [-0.2, -0.15) is 5.21 Å². The number of rotatable bonds is 3. The van der Waals surface area contributed by atoms with E-state index < -0.39 is 0 Å². The van der Waals surface area contributed by atoms with Crippen LogP contribution in [0.1, 0.15) is 16.8 Å². The minimum absolute atomic E-state index is 0.214. The van der Waals surface area contributed by atoms with Crippen molar-refractivity contribution in [3.63, 3.8) is 0 Å². The van der Waals surface area contributed by atoms with Gasteiger partial charge in [0.2, 0.25) is 5.82 Å². The van der Waals surface area contributed by atoms with Crippen LogP contribution in [0.2, 0.25) is 0 Å². The molecule has 1 aliphatic carbocycles. The SMILES string of the molecule is Fc1ccc(CC2=Cc3nccc(-c4nn[nH]n4)c3C2)cc1. The number of H-pyrrole nitrogens is 1. The fraction of sp³-hybridized carbons (Fsp3) is 0.125. The van der Waals surface area contributed by atoms with Gasteiger partial charge in [0.15, 0.2) is 0 Å². The summed E-state index contributed by atoms with van der Waals surface area (Å²) in [7, 11) is 0. The van der Waals surface area contributed by atoms with E-state index in [1.807, 2.05) is 18.2 Å². The Bertz CT molecular complexity index is 837. The topological polar surface area (TPSA) is 67.3 Å². The number of fused-ring (bicyclic) bond motifs is 1. The first kappa shape index (κ1) is 12.8. The van der Waals surface area contributed by atoms with Gasteiger partial charge in [0.05, 0.1) is 5.69 Å². The Morgan fingerprint density at radius 1 is 1.14 bits per heavy atom. The van der Waals surface area contributed by atoms with E-state index in [0.29, 0.717) is 5.82 Å². The summed E-state index contributed by atoms with van der Waals surface area (Å²) >= 11 is 0. The highest BCUT2D eigenvalue weighted by Gasteiger charge is 2.20. The number of benzene rings is 1. The third kappa shape index (κ3) is 2.28. The number of nitrogens with one attached hydrogen (secondary N) is 1. The Balaban J connectivity index is 1.62. The van der Waals surface area contributed by atoms with Gasteiger partial charge >= 0.3 is 0 Å². The molecule has 0 atom stereocenters. The van der Waals surface area contributed by atoms with E-state index in [2.05, 4.69) is 31.7 Å². The molecule has 0 spiro atoms. The Morgan fingerprint density at radius 2 is 2.00 bits per heavy atom. The van der Waals surface area contributed by atoms with E-state index in [1.54, 1.807) is 6.20 Å². The summed E-state index contributed by atoms with van der Waals surface area (Å²) < 4.78 is 13.0. The second-order valence-electron chi connectivity index (χ2n) is 5.24. The number of allylic oxidation sites excluding steroid dienone is 1. The second-order valence-corrected chi connectivity index (χ2v) is 5.24. The molecule has 108 valence electrons. The van der Waals surface area contributed by atoms with Crippen LogP contribution in [-0.4, -0.2) is 25.6 Å². The maximum absolute atomic E-state index is 13.0. The van der Waals surface area contributed by atoms with E-state index in [4.69, 9.17) is 0 Å². The lowest BCUT2D eigenvalue weighted by molar-refractivity contribution is 0.627. The van der Waals surface area contributed by atoms with Crippen LogP contribution in [0.25, 0.3) is 17.5 Å². The molecular formula is C16H12FN5. The molecule has 1 N–H and O–H groups in total. The van der Waals surface area contributed by atoms with E-state index in [-0.39, 0.29) is 5.82 Å². The molecule has 4 rings (SSSR count). The predicted molar refractivity (Wildman–Crippen MR) is 79.2 cm³/mol. The van der Waals surface area contributed by atoms with Gasteiger partial charge in [-0.1, -0.05) is 17.7 Å². The lowest BCUT2D eigenvalue weighted by Gasteiger charge is -2.05. The molecule has 1 aliphatic rings. The Kier molecular flexibility index (Phi) is 3.00. The lowest BCUT2D eigenvalue weighted by atomic mass is 10.0. The average molecular weight is 293 g/mol. The molecule has 3 aromatic rings. The quantitative estimate of drug-likeness (QED) is 0.806. The molecule has 0 amide bonds. The van der Waals surface area contributed by atoms with Crippen molar-refractivity contribution < 1.29 is 4.39 Å². The van der Waals surface area contributed by atoms with Crippen LogP contribution in [0.15, 0.2) is 42.1 Å². The van der Waals surface area contributed by atoms with Crippen molar-refractivity contribution in [1.82, 2.24) is 25.6 Å². The number of pyridine rings is 1. The number of nitrogens with zero attached hydrogens (tertiary/aromatic N) is 4. The Morgan fingerprint density at radius 3 is 2.77 bits per heavy atom. The number of tetrazole rings is 1. The smallest absolute Gasteiger partial charge is 0.205 e. The van der Waals surface area contributed by atoms with E-state index in [1.165, 1.54) is 17.7 Å². The molecule has 6 heteroatoms. The molecule has 0 aliphatic heterocycles. The predicted octanol–water partition coefficient (Wildman–Crippen LogP) is 2.58. The maximum Gasteiger partial charge on any atom is 0.205 e. The number of aromatic amines is 1. The fourth-order valence-corrected chi connectivity index (χ4v) is 2.75. The normalized spacial score (nSPS) is 13.0. The lowest BCUT2D eigenvalue weighted by Crippen LogP contribution is -1.95. The number of halogens is 1. The van der Waals surface area contributed by atoms with Crippen LogP contribution in [0, 0.1) is 5.82 Å². The first-order chi connectivity index (χ1) is 10.8. The minimum atomic E-state index is -0.214. The highest BCUT2D eigenvalue weighted by Crippen LogP contribution is 2.32. The molecule has 0 unspecified atom stereocenters. The van der Waals surface area contributed by atoms with Crippen molar-refractivity contribution in [3.05, 3.63) is 64.7 Å². The van der Waals surface area contributed by atoms with Crippen LogP contribution in [0.4, 0.5) is 4.39 Å². The summed E-state index contributed by atoms with van der Waals surface area (Å²) in [6.07, 6.45) is 5.41. The Labute approximate surface area is 125 Å². The molecular weight excluding hydrogens is 281 g/mol. The maximum atomic E-state index is 13.0.